The SMILES string of the molecule is CC(C)(C)c1cc(N2CN(c3cccc(Oc4ccc5c6cc(F)ccc6n(-c6cc(C(C)(C)C)ccn6)c5c4)c3)c3cccc(-c4cccc5c4oc4ccccc45)c32)cc(C(C)(C)C)c1. The van der Waals surface area contributed by atoms with Gasteiger partial charge in [-0.1, -0.05) is 123 Å². The highest BCUT2D eigenvalue weighted by Gasteiger charge is 2.34. The molecule has 1 aliphatic heterocycles. The van der Waals surface area contributed by atoms with Crippen LogP contribution in [-0.2, 0) is 16.2 Å². The van der Waals surface area contributed by atoms with Gasteiger partial charge in [-0.25, -0.2) is 9.37 Å². The first-order valence-corrected chi connectivity index (χ1v) is 23.2. The van der Waals surface area contributed by atoms with Gasteiger partial charge < -0.3 is 19.0 Å². The number of pyridine rings is 1. The summed E-state index contributed by atoms with van der Waals surface area (Å²) in [4.78, 5) is 9.69. The smallest absolute Gasteiger partial charge is 0.143 e. The Balaban J connectivity index is 1.04. The first kappa shape index (κ1) is 42.3. The van der Waals surface area contributed by atoms with Crippen molar-refractivity contribution in [3.8, 4) is 28.4 Å². The largest absolute Gasteiger partial charge is 0.457 e. The number of furan rings is 1. The summed E-state index contributed by atoms with van der Waals surface area (Å²) < 4.78 is 30.4. The van der Waals surface area contributed by atoms with Crippen LogP contribution in [0, 0.1) is 5.82 Å². The van der Waals surface area contributed by atoms with Crippen molar-refractivity contribution in [1.82, 2.24) is 9.55 Å². The van der Waals surface area contributed by atoms with Gasteiger partial charge in [0.15, 0.2) is 0 Å². The number of halogens is 1. The van der Waals surface area contributed by atoms with Gasteiger partial charge in [0.05, 0.1) is 22.4 Å². The van der Waals surface area contributed by atoms with Crippen LogP contribution >= 0.6 is 0 Å². The van der Waals surface area contributed by atoms with Gasteiger partial charge >= 0.3 is 0 Å². The quantitative estimate of drug-likeness (QED) is 0.166. The molecule has 0 amide bonds. The summed E-state index contributed by atoms with van der Waals surface area (Å²) in [5.74, 6) is 1.86. The molecule has 0 aliphatic carbocycles. The van der Waals surface area contributed by atoms with E-state index in [1.54, 1.807) is 6.07 Å². The number of hydrogen-bond acceptors (Lipinski definition) is 5. The highest BCUT2D eigenvalue weighted by molar-refractivity contribution is 6.12. The van der Waals surface area contributed by atoms with Crippen molar-refractivity contribution in [2.24, 2.45) is 0 Å². The average Bonchev–Trinajstić information content (AvgIpc) is 3.98. The van der Waals surface area contributed by atoms with Crippen LogP contribution in [-0.4, -0.2) is 16.2 Å². The lowest BCUT2D eigenvalue weighted by Gasteiger charge is -2.30. The number of hydrogen-bond donors (Lipinski definition) is 0. The summed E-state index contributed by atoms with van der Waals surface area (Å²) in [7, 11) is 0. The van der Waals surface area contributed by atoms with E-state index in [4.69, 9.17) is 14.1 Å². The molecule has 7 aromatic carbocycles. The molecule has 67 heavy (non-hydrogen) atoms. The first-order valence-electron chi connectivity index (χ1n) is 23.2. The molecule has 0 N–H and O–H groups in total. The molecule has 1 aliphatic rings. The van der Waals surface area contributed by atoms with Crippen molar-refractivity contribution < 1.29 is 13.5 Å². The van der Waals surface area contributed by atoms with Crippen molar-refractivity contribution >= 4 is 66.5 Å². The monoisotopic (exact) mass is 882 g/mol. The molecule has 0 unspecified atom stereocenters. The number of nitrogens with zero attached hydrogens (tertiary/aromatic N) is 4. The Morgan fingerprint density at radius 1 is 0.522 bits per heavy atom. The minimum absolute atomic E-state index is 0.0656. The molecule has 0 atom stereocenters. The first-order chi connectivity index (χ1) is 32.0. The van der Waals surface area contributed by atoms with Gasteiger partial charge in [0, 0.05) is 62.4 Å². The van der Waals surface area contributed by atoms with E-state index in [2.05, 4.69) is 174 Å². The van der Waals surface area contributed by atoms with Crippen LogP contribution in [0.2, 0.25) is 0 Å². The molecule has 0 fully saturated rings. The number of anilines is 4. The molecule has 3 aromatic heterocycles. The average molecular weight is 883 g/mol. The van der Waals surface area contributed by atoms with Crippen molar-refractivity contribution in [1.29, 1.82) is 0 Å². The fraction of sp³-hybridized carbons (Fsp3) is 0.217. The van der Waals surface area contributed by atoms with Crippen LogP contribution in [0.5, 0.6) is 11.5 Å². The Morgan fingerprint density at radius 3 is 2.00 bits per heavy atom. The summed E-state index contributed by atoms with van der Waals surface area (Å²) in [6.07, 6.45) is 1.85. The highest BCUT2D eigenvalue weighted by Crippen LogP contribution is 2.52. The zero-order valence-corrected chi connectivity index (χ0v) is 39.7. The van der Waals surface area contributed by atoms with Crippen molar-refractivity contribution in [2.75, 3.05) is 16.5 Å². The predicted octanol–water partition coefficient (Wildman–Crippen LogP) is 16.8. The lowest BCUT2D eigenvalue weighted by atomic mass is 9.80. The third-order valence-electron chi connectivity index (χ3n) is 13.4. The van der Waals surface area contributed by atoms with E-state index < -0.39 is 0 Å². The van der Waals surface area contributed by atoms with Gasteiger partial charge in [-0.2, -0.15) is 0 Å². The standard InChI is InChI=1S/C60H55FN4O2/c1-58(2,3)37-27-28-62-55(32-37)65-51-26-23-40(61)33-50(51)45-25-24-44(35-53(45)65)66-43-16-12-15-41(34-43)63-36-64(42-30-38(59(4,5)6)29-39(31-42)60(7,8)9)56-47(18-14-21-52(56)63)49-20-13-19-48-46-17-10-11-22-54(46)67-57(48)49/h10-35H,36H2,1-9H3. The normalized spacial score (nSPS) is 13.4. The van der Waals surface area contributed by atoms with Gasteiger partial charge in [0.25, 0.3) is 0 Å². The van der Waals surface area contributed by atoms with Gasteiger partial charge in [-0.3, -0.25) is 4.57 Å². The minimum Gasteiger partial charge on any atom is -0.457 e. The van der Waals surface area contributed by atoms with Crippen LogP contribution in [0.1, 0.15) is 79.0 Å². The highest BCUT2D eigenvalue weighted by atomic mass is 19.1. The Kier molecular flexibility index (Phi) is 9.68. The number of benzene rings is 7. The summed E-state index contributed by atoms with van der Waals surface area (Å²) in [5.41, 5.74) is 13.6. The van der Waals surface area contributed by atoms with Gasteiger partial charge in [0.1, 0.15) is 41.0 Å². The lowest BCUT2D eigenvalue weighted by molar-refractivity contribution is 0.483. The van der Waals surface area contributed by atoms with E-state index in [0.717, 1.165) is 89.0 Å². The molecule has 0 spiro atoms. The van der Waals surface area contributed by atoms with Gasteiger partial charge in [0.2, 0.25) is 0 Å². The van der Waals surface area contributed by atoms with Crippen LogP contribution in [0.3, 0.4) is 0 Å². The molecule has 11 rings (SSSR count). The fourth-order valence-corrected chi connectivity index (χ4v) is 9.70. The number of aromatic nitrogens is 2. The Bertz CT molecular complexity index is 3550. The molecule has 4 heterocycles. The van der Waals surface area contributed by atoms with E-state index >= 15 is 0 Å². The third kappa shape index (κ3) is 7.38. The molecule has 7 heteroatoms. The van der Waals surface area contributed by atoms with Crippen LogP contribution < -0.4 is 14.5 Å². The zero-order valence-electron chi connectivity index (χ0n) is 39.7. The van der Waals surface area contributed by atoms with Gasteiger partial charge in [-0.15, -0.1) is 0 Å². The van der Waals surface area contributed by atoms with E-state index in [0.29, 0.717) is 18.2 Å². The molecular weight excluding hydrogens is 828 g/mol. The number of fused-ring (bicyclic) bond motifs is 7. The van der Waals surface area contributed by atoms with Crippen LogP contribution in [0.4, 0.5) is 27.1 Å². The maximum Gasteiger partial charge on any atom is 0.143 e. The number of rotatable bonds is 6. The minimum atomic E-state index is -0.280. The molecule has 334 valence electrons. The molecule has 0 saturated carbocycles. The Morgan fingerprint density at radius 2 is 1.22 bits per heavy atom. The van der Waals surface area contributed by atoms with Crippen LogP contribution in [0.25, 0.3) is 60.7 Å². The van der Waals surface area contributed by atoms with E-state index in [9.17, 15) is 4.39 Å². The molecular formula is C60H55FN4O2. The third-order valence-corrected chi connectivity index (χ3v) is 13.4. The van der Waals surface area contributed by atoms with Crippen molar-refractivity contribution in [3.63, 3.8) is 0 Å². The maximum absolute atomic E-state index is 14.8. The van der Waals surface area contributed by atoms with Crippen molar-refractivity contribution in [3.05, 3.63) is 180 Å². The van der Waals surface area contributed by atoms with Crippen LogP contribution in [0.15, 0.2) is 162 Å². The second kappa shape index (κ2) is 15.3. The van der Waals surface area contributed by atoms with E-state index in [-0.39, 0.29) is 22.1 Å². The van der Waals surface area contributed by atoms with Crippen molar-refractivity contribution in [2.45, 2.75) is 78.6 Å². The summed E-state index contributed by atoms with van der Waals surface area (Å²) >= 11 is 0. The zero-order chi connectivity index (χ0) is 46.6. The summed E-state index contributed by atoms with van der Waals surface area (Å²) in [5, 5.41) is 3.95. The number of para-hydroxylation sites is 3. The molecule has 10 aromatic rings. The van der Waals surface area contributed by atoms with E-state index in [1.165, 1.54) is 17.2 Å². The Hall–Kier alpha value is -7.38. The Labute approximate surface area is 391 Å². The predicted molar refractivity (Wildman–Crippen MR) is 276 cm³/mol. The molecule has 0 saturated heterocycles. The maximum atomic E-state index is 14.8. The second-order valence-corrected chi connectivity index (χ2v) is 21.1. The lowest BCUT2D eigenvalue weighted by Crippen LogP contribution is -2.25. The fourth-order valence-electron chi connectivity index (χ4n) is 9.70. The summed E-state index contributed by atoms with van der Waals surface area (Å²) in [6, 6.07) is 52.0. The number of ether oxygens (including phenoxy) is 1. The molecule has 0 bridgehead atoms. The molecule has 6 nitrogen and oxygen atoms in total. The topological polar surface area (TPSA) is 46.7 Å². The molecule has 0 radical (unpaired) electrons. The summed E-state index contributed by atoms with van der Waals surface area (Å²) in [6.45, 7) is 20.9. The van der Waals surface area contributed by atoms with E-state index in [1.807, 2.05) is 48.7 Å². The second-order valence-electron chi connectivity index (χ2n) is 21.1. The van der Waals surface area contributed by atoms with Gasteiger partial charge in [-0.05, 0) is 112 Å².